The van der Waals surface area contributed by atoms with Gasteiger partial charge in [0.05, 0.1) is 0 Å². The molecule has 0 amide bonds. The van der Waals surface area contributed by atoms with E-state index in [4.69, 9.17) is 14.3 Å². The van der Waals surface area contributed by atoms with Gasteiger partial charge in [0.2, 0.25) is 0 Å². The van der Waals surface area contributed by atoms with E-state index in [0.717, 1.165) is 6.04 Å². The molecule has 0 bridgehead atoms. The highest BCUT2D eigenvalue weighted by Gasteiger charge is 2.24. The molecule has 0 aromatic carbocycles. The van der Waals surface area contributed by atoms with Gasteiger partial charge in [0, 0.05) is 0 Å². The summed E-state index contributed by atoms with van der Waals surface area (Å²) in [4.78, 5) is 0. The van der Waals surface area contributed by atoms with E-state index in [1.54, 1.807) is 0 Å². The largest absolute Gasteiger partial charge is 0.456 e. The fraction of sp³-hybridized carbons (Fsp3) is 1.00. The molecule has 73 valence electrons. The van der Waals surface area contributed by atoms with Crippen LogP contribution in [0.25, 0.3) is 0 Å². The molecule has 0 fully saturated rings. The Labute approximate surface area is 77.2 Å². The molecule has 0 aliphatic carbocycles. The fourth-order valence-electron chi connectivity index (χ4n) is 1.08. The number of rotatable bonds is 5. The van der Waals surface area contributed by atoms with Crippen LogP contribution in [0.2, 0.25) is 32.2 Å². The van der Waals surface area contributed by atoms with Crippen LogP contribution in [-0.4, -0.2) is 33.9 Å². The van der Waals surface area contributed by atoms with Crippen LogP contribution in [0, 0.1) is 0 Å². The third kappa shape index (κ3) is 6.99. The van der Waals surface area contributed by atoms with Crippen molar-refractivity contribution in [3.8, 4) is 0 Å². The van der Waals surface area contributed by atoms with Crippen molar-refractivity contribution in [2.75, 3.05) is 0 Å². The Hall–Kier alpha value is 0.314. The van der Waals surface area contributed by atoms with Gasteiger partial charge >= 0.3 is 0 Å². The number of hydrogen-bond acceptors (Lipinski definition) is 3. The molecule has 3 nitrogen and oxygen atoms in total. The minimum Gasteiger partial charge on any atom is -0.456 e. The lowest BCUT2D eigenvalue weighted by atomic mass is 10.5. The van der Waals surface area contributed by atoms with Crippen molar-refractivity contribution in [2.45, 2.75) is 44.9 Å². The molecule has 0 aliphatic rings. The van der Waals surface area contributed by atoms with E-state index in [1.165, 1.54) is 0 Å². The average Bonchev–Trinajstić information content (AvgIpc) is 1.81. The smallest absolute Gasteiger partial charge is 0.191 e. The van der Waals surface area contributed by atoms with E-state index in [-0.39, 0.29) is 0 Å². The van der Waals surface area contributed by atoms with Crippen LogP contribution in [-0.2, 0) is 4.12 Å². The number of hydrogen-bond donors (Lipinski definition) is 2. The summed E-state index contributed by atoms with van der Waals surface area (Å²) in [7, 11) is -2.24. The summed E-state index contributed by atoms with van der Waals surface area (Å²) >= 11 is 0. The maximum atomic E-state index is 8.68. The van der Waals surface area contributed by atoms with E-state index in [0.29, 0.717) is 6.42 Å². The highest BCUT2D eigenvalue weighted by molar-refractivity contribution is 6.77. The topological polar surface area (TPSA) is 49.7 Å². The Morgan fingerprint density at radius 1 is 1.33 bits per heavy atom. The molecule has 2 N–H and O–H groups in total. The third-order valence-electron chi connectivity index (χ3n) is 1.49. The van der Waals surface area contributed by atoms with Crippen LogP contribution >= 0.6 is 0 Å². The fourth-order valence-corrected chi connectivity index (χ4v) is 6.86. The van der Waals surface area contributed by atoms with Crippen LogP contribution in [0.15, 0.2) is 0 Å². The van der Waals surface area contributed by atoms with E-state index in [9.17, 15) is 0 Å². The molecule has 0 aromatic heterocycles. The first-order chi connectivity index (χ1) is 5.33. The minimum absolute atomic E-state index is 0.439. The van der Waals surface area contributed by atoms with Gasteiger partial charge in [-0.1, -0.05) is 0 Å². The van der Waals surface area contributed by atoms with Gasteiger partial charge in [-0.05, 0) is 38.7 Å². The first-order valence-corrected chi connectivity index (χ1v) is 9.71. The SMILES string of the molecule is C[Si](C)O[Si](C)(C)CCC(O)O. The predicted octanol–water partition coefficient (Wildman–Crippen LogP) is 1.16. The van der Waals surface area contributed by atoms with Crippen molar-refractivity contribution >= 4 is 17.4 Å². The first-order valence-electron chi connectivity index (χ1n) is 4.19. The summed E-state index contributed by atoms with van der Waals surface area (Å²) in [5, 5.41) is 17.4. The maximum absolute atomic E-state index is 8.68. The molecule has 0 heterocycles. The molecule has 0 unspecified atom stereocenters. The van der Waals surface area contributed by atoms with Crippen LogP contribution in [0.3, 0.4) is 0 Å². The second-order valence-corrected chi connectivity index (χ2v) is 10.4. The molecule has 5 heteroatoms. The van der Waals surface area contributed by atoms with E-state index in [1.807, 2.05) is 0 Å². The highest BCUT2D eigenvalue weighted by atomic mass is 28.4. The molecule has 0 aromatic rings. The molecule has 0 saturated carbocycles. The quantitative estimate of drug-likeness (QED) is 0.525. The van der Waals surface area contributed by atoms with Crippen molar-refractivity contribution in [3.05, 3.63) is 0 Å². The lowest BCUT2D eigenvalue weighted by Gasteiger charge is -2.25. The lowest BCUT2D eigenvalue weighted by Crippen LogP contribution is -2.35. The second kappa shape index (κ2) is 5.13. The zero-order chi connectivity index (χ0) is 9.78. The van der Waals surface area contributed by atoms with E-state index < -0.39 is 23.6 Å². The molecule has 0 aliphatic heterocycles. The van der Waals surface area contributed by atoms with Crippen molar-refractivity contribution in [2.24, 2.45) is 0 Å². The molecule has 0 atom stereocenters. The summed E-state index contributed by atoms with van der Waals surface area (Å²) in [6.07, 6.45) is -0.737. The summed E-state index contributed by atoms with van der Waals surface area (Å²) < 4.78 is 5.81. The van der Waals surface area contributed by atoms with Gasteiger partial charge in [-0.15, -0.1) is 0 Å². The zero-order valence-corrected chi connectivity index (χ0v) is 10.3. The third-order valence-corrected chi connectivity index (χ3v) is 6.82. The predicted molar refractivity (Wildman–Crippen MR) is 53.7 cm³/mol. The Morgan fingerprint density at radius 3 is 2.17 bits per heavy atom. The monoisotopic (exact) mass is 207 g/mol. The Morgan fingerprint density at radius 2 is 1.83 bits per heavy atom. The highest BCUT2D eigenvalue weighted by Crippen LogP contribution is 2.15. The van der Waals surface area contributed by atoms with Gasteiger partial charge in [0.1, 0.15) is 0 Å². The summed E-state index contributed by atoms with van der Waals surface area (Å²) in [6, 6.07) is 0.820. The van der Waals surface area contributed by atoms with E-state index >= 15 is 0 Å². The average molecular weight is 207 g/mol. The van der Waals surface area contributed by atoms with Gasteiger partial charge in [-0.25, -0.2) is 0 Å². The normalized spacial score (nSPS) is 13.0. The maximum Gasteiger partial charge on any atom is 0.191 e. The summed E-state index contributed by atoms with van der Waals surface area (Å²) in [6.45, 7) is 8.45. The van der Waals surface area contributed by atoms with Crippen LogP contribution < -0.4 is 0 Å². The van der Waals surface area contributed by atoms with Gasteiger partial charge in [-0.3, -0.25) is 0 Å². The molecule has 0 saturated heterocycles. The van der Waals surface area contributed by atoms with Crippen molar-refractivity contribution < 1.29 is 14.3 Å². The van der Waals surface area contributed by atoms with Crippen molar-refractivity contribution in [1.29, 1.82) is 0 Å². The summed E-state index contributed by atoms with van der Waals surface area (Å²) in [5.74, 6) is 0. The molecule has 1 radical (unpaired) electrons. The van der Waals surface area contributed by atoms with Gasteiger partial charge in [0.15, 0.2) is 23.6 Å². The minimum atomic E-state index is -1.60. The van der Waals surface area contributed by atoms with E-state index in [2.05, 4.69) is 26.2 Å². The first kappa shape index (κ1) is 12.3. The standard InChI is InChI=1S/C7H19O3Si2/c1-11(2)10-12(3,4)6-5-7(8)9/h7-9H,5-6H2,1-4H3. The zero-order valence-electron chi connectivity index (χ0n) is 8.29. The number of aliphatic hydroxyl groups excluding tert-OH is 1. The Kier molecular flexibility index (Phi) is 5.27. The molecule has 0 rings (SSSR count). The van der Waals surface area contributed by atoms with Gasteiger partial charge < -0.3 is 14.3 Å². The summed E-state index contributed by atoms with van der Waals surface area (Å²) in [5.41, 5.74) is 0. The van der Waals surface area contributed by atoms with Crippen LogP contribution in [0.1, 0.15) is 6.42 Å². The van der Waals surface area contributed by atoms with Crippen LogP contribution in [0.5, 0.6) is 0 Å². The lowest BCUT2D eigenvalue weighted by molar-refractivity contribution is -0.0419. The molecule has 0 spiro atoms. The second-order valence-electron chi connectivity index (χ2n) is 3.79. The molecular weight excluding hydrogens is 188 g/mol. The Bertz CT molecular complexity index is 126. The Balaban J connectivity index is 3.71. The van der Waals surface area contributed by atoms with Crippen LogP contribution in [0.4, 0.5) is 0 Å². The number of aliphatic hydroxyl groups is 2. The van der Waals surface area contributed by atoms with Crippen molar-refractivity contribution in [1.82, 2.24) is 0 Å². The van der Waals surface area contributed by atoms with Gasteiger partial charge in [-0.2, -0.15) is 0 Å². The molecular formula is C7H19O3Si2. The molecule has 12 heavy (non-hydrogen) atoms. The van der Waals surface area contributed by atoms with Gasteiger partial charge in [0.25, 0.3) is 0 Å². The van der Waals surface area contributed by atoms with Crippen molar-refractivity contribution in [3.63, 3.8) is 0 Å².